The molecule has 1 saturated heterocycles. The van der Waals surface area contributed by atoms with Crippen molar-refractivity contribution in [3.05, 3.63) is 0 Å². The van der Waals surface area contributed by atoms with Gasteiger partial charge >= 0.3 is 0 Å². The van der Waals surface area contributed by atoms with Crippen LogP contribution >= 0.6 is 11.8 Å². The zero-order chi connectivity index (χ0) is 16.0. The maximum atomic E-state index is 11.9. The lowest BCUT2D eigenvalue weighted by atomic mass is 10.2. The molecule has 0 aromatic carbocycles. The van der Waals surface area contributed by atoms with Gasteiger partial charge in [-0.2, -0.15) is 11.8 Å². The Morgan fingerprint density at radius 3 is 2.91 bits per heavy atom. The first-order valence-electron chi connectivity index (χ1n) is 8.56. The first-order valence-corrected chi connectivity index (χ1v) is 9.96. The Morgan fingerprint density at radius 2 is 2.14 bits per heavy atom. The number of thioether (sulfide) groups is 1. The van der Waals surface area contributed by atoms with Crippen LogP contribution in [0, 0.1) is 0 Å². The van der Waals surface area contributed by atoms with Gasteiger partial charge in [-0.3, -0.25) is 9.79 Å². The SMILES string of the molecule is CCNC(=NCCCN1CCCCCC1=O)NCCCSC. The van der Waals surface area contributed by atoms with E-state index in [-0.39, 0.29) is 0 Å². The second-order valence-electron chi connectivity index (χ2n) is 5.58. The number of amides is 1. The number of rotatable bonds is 9. The van der Waals surface area contributed by atoms with E-state index >= 15 is 0 Å². The number of carbonyl (C=O) groups excluding carboxylic acids is 1. The van der Waals surface area contributed by atoms with Gasteiger partial charge in [0.1, 0.15) is 0 Å². The Bertz CT molecular complexity index is 336. The summed E-state index contributed by atoms with van der Waals surface area (Å²) in [5.41, 5.74) is 0. The summed E-state index contributed by atoms with van der Waals surface area (Å²) < 4.78 is 0. The molecule has 1 aliphatic rings. The minimum absolute atomic E-state index is 0.323. The zero-order valence-corrected chi connectivity index (χ0v) is 15.0. The van der Waals surface area contributed by atoms with Crippen molar-refractivity contribution in [1.29, 1.82) is 0 Å². The Balaban J connectivity index is 2.25. The van der Waals surface area contributed by atoms with Crippen molar-refractivity contribution in [2.75, 3.05) is 44.7 Å². The molecule has 2 N–H and O–H groups in total. The van der Waals surface area contributed by atoms with E-state index < -0.39 is 0 Å². The van der Waals surface area contributed by atoms with E-state index in [0.29, 0.717) is 5.91 Å². The molecule has 1 aliphatic heterocycles. The summed E-state index contributed by atoms with van der Waals surface area (Å²) in [6.45, 7) is 6.44. The molecule has 5 nitrogen and oxygen atoms in total. The number of carbonyl (C=O) groups is 1. The number of guanidine groups is 1. The highest BCUT2D eigenvalue weighted by Crippen LogP contribution is 2.11. The number of hydrogen-bond donors (Lipinski definition) is 2. The van der Waals surface area contributed by atoms with Gasteiger partial charge < -0.3 is 15.5 Å². The minimum atomic E-state index is 0.323. The maximum Gasteiger partial charge on any atom is 0.222 e. The predicted octanol–water partition coefficient (Wildman–Crippen LogP) is 2.09. The van der Waals surface area contributed by atoms with Crippen molar-refractivity contribution in [2.45, 2.75) is 45.4 Å². The first-order chi connectivity index (χ1) is 10.8. The van der Waals surface area contributed by atoms with Gasteiger partial charge in [-0.1, -0.05) is 6.42 Å². The summed E-state index contributed by atoms with van der Waals surface area (Å²) in [7, 11) is 0. The topological polar surface area (TPSA) is 56.7 Å². The van der Waals surface area contributed by atoms with Crippen LogP contribution in [-0.4, -0.2) is 61.5 Å². The summed E-state index contributed by atoms with van der Waals surface area (Å²) in [6.07, 6.45) is 8.32. The second-order valence-corrected chi connectivity index (χ2v) is 6.56. The van der Waals surface area contributed by atoms with E-state index in [2.05, 4.69) is 28.8 Å². The molecule has 6 heteroatoms. The molecule has 1 fully saturated rings. The largest absolute Gasteiger partial charge is 0.357 e. The van der Waals surface area contributed by atoms with Gasteiger partial charge in [-0.25, -0.2) is 0 Å². The van der Waals surface area contributed by atoms with E-state index in [0.717, 1.165) is 70.8 Å². The molecule has 0 atom stereocenters. The third kappa shape index (κ3) is 8.51. The number of nitrogens with zero attached hydrogens (tertiary/aromatic N) is 2. The van der Waals surface area contributed by atoms with Gasteiger partial charge in [0.25, 0.3) is 0 Å². The fraction of sp³-hybridized carbons (Fsp3) is 0.875. The standard InChI is InChI=1S/C16H32N4OS/c1-3-17-16(19-11-8-14-22-2)18-10-7-13-20-12-6-4-5-9-15(20)21/h3-14H2,1-2H3,(H2,17,18,19). The second kappa shape index (κ2) is 12.6. The van der Waals surface area contributed by atoms with Crippen LogP contribution in [0.2, 0.25) is 0 Å². The van der Waals surface area contributed by atoms with Crippen LogP contribution in [0.1, 0.15) is 45.4 Å². The number of hydrogen-bond acceptors (Lipinski definition) is 3. The number of nitrogens with one attached hydrogen (secondary N) is 2. The molecule has 0 spiro atoms. The highest BCUT2D eigenvalue weighted by Gasteiger charge is 2.15. The van der Waals surface area contributed by atoms with Crippen molar-refractivity contribution in [1.82, 2.24) is 15.5 Å². The highest BCUT2D eigenvalue weighted by atomic mass is 32.2. The monoisotopic (exact) mass is 328 g/mol. The van der Waals surface area contributed by atoms with Crippen LogP contribution in [0.3, 0.4) is 0 Å². The van der Waals surface area contributed by atoms with Crippen LogP contribution in [-0.2, 0) is 4.79 Å². The van der Waals surface area contributed by atoms with Gasteiger partial charge in [0.05, 0.1) is 0 Å². The summed E-state index contributed by atoms with van der Waals surface area (Å²) in [6, 6.07) is 0. The Labute approximate surface area is 139 Å². The van der Waals surface area contributed by atoms with Crippen molar-refractivity contribution < 1.29 is 4.79 Å². The lowest BCUT2D eigenvalue weighted by Gasteiger charge is -2.20. The Kier molecular flexibility index (Phi) is 11.0. The van der Waals surface area contributed by atoms with Crippen molar-refractivity contribution in [3.63, 3.8) is 0 Å². The Morgan fingerprint density at radius 1 is 1.27 bits per heavy atom. The molecule has 0 aromatic heterocycles. The summed E-state index contributed by atoms with van der Waals surface area (Å²) in [5.74, 6) is 2.39. The zero-order valence-electron chi connectivity index (χ0n) is 14.2. The van der Waals surface area contributed by atoms with E-state index in [1.165, 1.54) is 12.2 Å². The fourth-order valence-corrected chi connectivity index (χ4v) is 2.93. The van der Waals surface area contributed by atoms with Crippen molar-refractivity contribution >= 4 is 23.6 Å². The quantitative estimate of drug-likeness (QED) is 0.387. The van der Waals surface area contributed by atoms with Crippen molar-refractivity contribution in [3.8, 4) is 0 Å². The molecule has 0 bridgehead atoms. The van der Waals surface area contributed by atoms with E-state index in [1.54, 1.807) is 0 Å². The van der Waals surface area contributed by atoms with Gasteiger partial charge in [0, 0.05) is 39.1 Å². The van der Waals surface area contributed by atoms with Gasteiger partial charge in [0.2, 0.25) is 5.91 Å². The molecule has 0 aromatic rings. The molecule has 1 heterocycles. The molecule has 0 saturated carbocycles. The van der Waals surface area contributed by atoms with E-state index in [4.69, 9.17) is 0 Å². The average molecular weight is 329 g/mol. The highest BCUT2D eigenvalue weighted by molar-refractivity contribution is 7.98. The molecular weight excluding hydrogens is 296 g/mol. The van der Waals surface area contributed by atoms with Crippen LogP contribution in [0.4, 0.5) is 0 Å². The summed E-state index contributed by atoms with van der Waals surface area (Å²) in [4.78, 5) is 18.5. The molecule has 128 valence electrons. The van der Waals surface area contributed by atoms with Gasteiger partial charge in [-0.15, -0.1) is 0 Å². The van der Waals surface area contributed by atoms with Crippen LogP contribution in [0.5, 0.6) is 0 Å². The van der Waals surface area contributed by atoms with Crippen LogP contribution < -0.4 is 10.6 Å². The molecule has 0 radical (unpaired) electrons. The molecule has 1 amide bonds. The van der Waals surface area contributed by atoms with E-state index in [9.17, 15) is 4.79 Å². The smallest absolute Gasteiger partial charge is 0.222 e. The van der Waals surface area contributed by atoms with E-state index in [1.807, 2.05) is 16.7 Å². The average Bonchev–Trinajstić information content (AvgIpc) is 2.72. The summed E-state index contributed by atoms with van der Waals surface area (Å²) in [5, 5.41) is 6.63. The fourth-order valence-electron chi connectivity index (χ4n) is 2.49. The molecule has 0 unspecified atom stereocenters. The molecule has 1 rings (SSSR count). The first kappa shape index (κ1) is 19.1. The molecule has 0 aliphatic carbocycles. The molecule has 22 heavy (non-hydrogen) atoms. The summed E-state index contributed by atoms with van der Waals surface area (Å²) >= 11 is 1.87. The van der Waals surface area contributed by atoms with Gasteiger partial charge in [0.15, 0.2) is 5.96 Å². The minimum Gasteiger partial charge on any atom is -0.357 e. The van der Waals surface area contributed by atoms with Crippen LogP contribution in [0.25, 0.3) is 0 Å². The third-order valence-corrected chi connectivity index (χ3v) is 4.39. The van der Waals surface area contributed by atoms with Crippen molar-refractivity contribution in [2.24, 2.45) is 4.99 Å². The van der Waals surface area contributed by atoms with Crippen LogP contribution in [0.15, 0.2) is 4.99 Å². The Hall–Kier alpha value is -0.910. The predicted molar refractivity (Wildman–Crippen MR) is 96.6 cm³/mol. The third-order valence-electron chi connectivity index (χ3n) is 3.69. The maximum absolute atomic E-state index is 11.9. The molecular formula is C16H32N4OS. The number of likely N-dealkylation sites (tertiary alicyclic amines) is 1. The van der Waals surface area contributed by atoms with Gasteiger partial charge in [-0.05, 0) is 44.6 Å². The number of aliphatic imine (C=N–C) groups is 1. The lowest BCUT2D eigenvalue weighted by molar-refractivity contribution is -0.130. The normalized spacial score (nSPS) is 16.5. The lowest BCUT2D eigenvalue weighted by Crippen LogP contribution is -2.38.